The molecule has 6 nitrogen and oxygen atoms in total. The summed E-state index contributed by atoms with van der Waals surface area (Å²) in [4.78, 5) is 12.0. The molecule has 0 aliphatic rings. The molecule has 2 rings (SSSR count). The van der Waals surface area contributed by atoms with Gasteiger partial charge in [0, 0.05) is 5.69 Å². The minimum atomic E-state index is -0.492. The van der Waals surface area contributed by atoms with Crippen molar-refractivity contribution in [2.24, 2.45) is 0 Å². The number of nitrogens with one attached hydrogen (secondary N) is 1. The van der Waals surface area contributed by atoms with Crippen LogP contribution in [-0.4, -0.2) is 26.0 Å². The molecule has 1 amide bonds. The third-order valence-corrected chi connectivity index (χ3v) is 2.82. The van der Waals surface area contributed by atoms with E-state index in [0.29, 0.717) is 5.69 Å². The number of aromatic nitrogens is 3. The van der Waals surface area contributed by atoms with Crippen molar-refractivity contribution in [1.82, 2.24) is 15.0 Å². The van der Waals surface area contributed by atoms with Crippen molar-refractivity contribution < 1.29 is 9.90 Å². The summed E-state index contributed by atoms with van der Waals surface area (Å²) < 4.78 is 1.43. The average Bonchev–Trinajstić information content (AvgIpc) is 2.89. The zero-order valence-electron chi connectivity index (χ0n) is 10.9. The Balaban J connectivity index is 2.04. The van der Waals surface area contributed by atoms with Gasteiger partial charge in [-0.1, -0.05) is 22.9 Å². The van der Waals surface area contributed by atoms with Gasteiger partial charge in [-0.3, -0.25) is 4.79 Å². The number of carbonyl (C=O) groups excluding carboxylic acids is 1. The van der Waals surface area contributed by atoms with E-state index in [2.05, 4.69) is 15.6 Å². The standard InChI is InChI=1S/C13H16N4O2/c1-9-3-5-11(6-4-9)14-13(19)10(2)17-7-12(8-18)15-16-17/h3-7,10,18H,8H2,1-2H3,(H,14,19). The molecule has 0 aliphatic heterocycles. The smallest absolute Gasteiger partial charge is 0.249 e. The van der Waals surface area contributed by atoms with Gasteiger partial charge < -0.3 is 10.4 Å². The van der Waals surface area contributed by atoms with Crippen molar-refractivity contribution in [1.29, 1.82) is 0 Å². The largest absolute Gasteiger partial charge is 0.390 e. The van der Waals surface area contributed by atoms with E-state index >= 15 is 0 Å². The topological polar surface area (TPSA) is 80.0 Å². The Bertz CT molecular complexity index is 562. The summed E-state index contributed by atoms with van der Waals surface area (Å²) in [5.74, 6) is -0.182. The van der Waals surface area contributed by atoms with Crippen LogP contribution >= 0.6 is 0 Å². The van der Waals surface area contributed by atoms with Gasteiger partial charge in [-0.25, -0.2) is 4.68 Å². The molecule has 0 fully saturated rings. The van der Waals surface area contributed by atoms with Gasteiger partial charge in [-0.2, -0.15) is 0 Å². The maximum atomic E-state index is 12.0. The van der Waals surface area contributed by atoms with Crippen LogP contribution in [0, 0.1) is 6.92 Å². The normalized spacial score (nSPS) is 12.2. The average molecular weight is 260 g/mol. The summed E-state index contributed by atoms with van der Waals surface area (Å²) in [7, 11) is 0. The number of hydrogen-bond acceptors (Lipinski definition) is 4. The van der Waals surface area contributed by atoms with Crippen LogP contribution in [0.4, 0.5) is 5.69 Å². The highest BCUT2D eigenvalue weighted by molar-refractivity contribution is 5.93. The molecule has 0 spiro atoms. The molecule has 1 heterocycles. The summed E-state index contributed by atoms with van der Waals surface area (Å²) in [6.07, 6.45) is 1.55. The van der Waals surface area contributed by atoms with Crippen molar-refractivity contribution in [2.45, 2.75) is 26.5 Å². The van der Waals surface area contributed by atoms with Gasteiger partial charge in [0.15, 0.2) is 0 Å². The molecule has 6 heteroatoms. The zero-order valence-corrected chi connectivity index (χ0v) is 10.9. The maximum Gasteiger partial charge on any atom is 0.249 e. The van der Waals surface area contributed by atoms with Gasteiger partial charge in [-0.15, -0.1) is 5.10 Å². The van der Waals surface area contributed by atoms with Crippen molar-refractivity contribution in [2.75, 3.05) is 5.32 Å². The lowest BCUT2D eigenvalue weighted by Gasteiger charge is -2.12. The van der Waals surface area contributed by atoms with Gasteiger partial charge in [0.05, 0.1) is 12.8 Å². The number of aliphatic hydroxyl groups is 1. The third-order valence-electron chi connectivity index (χ3n) is 2.82. The number of aliphatic hydroxyl groups excluding tert-OH is 1. The molecule has 0 radical (unpaired) electrons. The van der Waals surface area contributed by atoms with Gasteiger partial charge in [0.25, 0.3) is 0 Å². The Kier molecular flexibility index (Phi) is 3.91. The Morgan fingerprint density at radius 3 is 2.68 bits per heavy atom. The van der Waals surface area contributed by atoms with Crippen LogP contribution in [-0.2, 0) is 11.4 Å². The van der Waals surface area contributed by atoms with Crippen molar-refractivity contribution >= 4 is 11.6 Å². The Morgan fingerprint density at radius 2 is 2.11 bits per heavy atom. The van der Waals surface area contributed by atoms with Crippen LogP contribution < -0.4 is 5.32 Å². The zero-order chi connectivity index (χ0) is 13.8. The highest BCUT2D eigenvalue weighted by Gasteiger charge is 2.16. The van der Waals surface area contributed by atoms with Crippen LogP contribution in [0.1, 0.15) is 24.2 Å². The summed E-state index contributed by atoms with van der Waals surface area (Å²) in [5.41, 5.74) is 2.31. The lowest BCUT2D eigenvalue weighted by molar-refractivity contribution is -0.119. The Hall–Kier alpha value is -2.21. The molecular weight excluding hydrogens is 244 g/mol. The summed E-state index contributed by atoms with van der Waals surface area (Å²) in [5, 5.41) is 19.3. The van der Waals surface area contributed by atoms with Crippen LogP contribution in [0.25, 0.3) is 0 Å². The summed E-state index contributed by atoms with van der Waals surface area (Å²) >= 11 is 0. The van der Waals surface area contributed by atoms with E-state index in [1.807, 2.05) is 31.2 Å². The van der Waals surface area contributed by atoms with Gasteiger partial charge in [-0.05, 0) is 26.0 Å². The van der Waals surface area contributed by atoms with E-state index in [0.717, 1.165) is 11.3 Å². The van der Waals surface area contributed by atoms with E-state index in [4.69, 9.17) is 5.11 Å². The van der Waals surface area contributed by atoms with E-state index in [-0.39, 0.29) is 12.5 Å². The first kappa shape index (κ1) is 13.2. The van der Waals surface area contributed by atoms with Crippen LogP contribution in [0.2, 0.25) is 0 Å². The molecule has 2 N–H and O–H groups in total. The highest BCUT2D eigenvalue weighted by atomic mass is 16.3. The Morgan fingerprint density at radius 1 is 1.42 bits per heavy atom. The number of amides is 1. The van der Waals surface area contributed by atoms with Crippen molar-refractivity contribution in [3.63, 3.8) is 0 Å². The van der Waals surface area contributed by atoms with Gasteiger partial charge >= 0.3 is 0 Å². The predicted octanol–water partition coefficient (Wildman–Crippen LogP) is 1.28. The second-order valence-corrected chi connectivity index (χ2v) is 4.38. The van der Waals surface area contributed by atoms with Gasteiger partial charge in [0.2, 0.25) is 5.91 Å². The molecule has 1 aromatic heterocycles. The lowest BCUT2D eigenvalue weighted by atomic mass is 10.2. The SMILES string of the molecule is Cc1ccc(NC(=O)C(C)n2cc(CO)nn2)cc1. The van der Waals surface area contributed by atoms with E-state index < -0.39 is 6.04 Å². The molecule has 1 unspecified atom stereocenters. The molecule has 19 heavy (non-hydrogen) atoms. The maximum absolute atomic E-state index is 12.0. The first-order valence-corrected chi connectivity index (χ1v) is 5.99. The second kappa shape index (κ2) is 5.62. The highest BCUT2D eigenvalue weighted by Crippen LogP contribution is 2.12. The lowest BCUT2D eigenvalue weighted by Crippen LogP contribution is -2.24. The number of nitrogens with zero attached hydrogens (tertiary/aromatic N) is 3. The first-order valence-electron chi connectivity index (χ1n) is 5.99. The molecule has 0 saturated carbocycles. The monoisotopic (exact) mass is 260 g/mol. The quantitative estimate of drug-likeness (QED) is 0.867. The number of benzene rings is 1. The molecule has 0 saturated heterocycles. The summed E-state index contributed by atoms with van der Waals surface area (Å²) in [6, 6.07) is 7.06. The Labute approximate surface area is 111 Å². The fraction of sp³-hybridized carbons (Fsp3) is 0.308. The molecule has 1 atom stereocenters. The van der Waals surface area contributed by atoms with Gasteiger partial charge in [0.1, 0.15) is 11.7 Å². The minimum Gasteiger partial charge on any atom is -0.390 e. The number of rotatable bonds is 4. The number of hydrogen-bond donors (Lipinski definition) is 2. The molecule has 0 bridgehead atoms. The van der Waals surface area contributed by atoms with Crippen molar-refractivity contribution in [3.05, 3.63) is 41.7 Å². The van der Waals surface area contributed by atoms with E-state index in [1.165, 1.54) is 4.68 Å². The first-order chi connectivity index (χ1) is 9.10. The van der Waals surface area contributed by atoms with Crippen LogP contribution in [0.15, 0.2) is 30.5 Å². The summed E-state index contributed by atoms with van der Waals surface area (Å²) in [6.45, 7) is 3.52. The fourth-order valence-corrected chi connectivity index (χ4v) is 1.58. The number of anilines is 1. The second-order valence-electron chi connectivity index (χ2n) is 4.38. The van der Waals surface area contributed by atoms with Crippen molar-refractivity contribution in [3.8, 4) is 0 Å². The molecule has 1 aromatic carbocycles. The number of carbonyl (C=O) groups is 1. The van der Waals surface area contributed by atoms with E-state index in [9.17, 15) is 4.79 Å². The molecule has 2 aromatic rings. The molecule has 100 valence electrons. The number of aryl methyl sites for hydroxylation is 1. The molecular formula is C13H16N4O2. The minimum absolute atomic E-state index is 0.182. The van der Waals surface area contributed by atoms with E-state index in [1.54, 1.807) is 13.1 Å². The fourth-order valence-electron chi connectivity index (χ4n) is 1.58. The third kappa shape index (κ3) is 3.17. The predicted molar refractivity (Wildman–Crippen MR) is 70.5 cm³/mol. The van der Waals surface area contributed by atoms with Crippen LogP contribution in [0.3, 0.4) is 0 Å². The van der Waals surface area contributed by atoms with Crippen LogP contribution in [0.5, 0.6) is 0 Å². The molecule has 0 aliphatic carbocycles.